The highest BCUT2D eigenvalue weighted by Gasteiger charge is 2.50. The highest BCUT2D eigenvalue weighted by atomic mass is 16.3. The molecule has 0 radical (unpaired) electrons. The number of aliphatic hydroxyl groups excluding tert-OH is 2. The summed E-state index contributed by atoms with van der Waals surface area (Å²) < 4.78 is 0. The molecule has 11 heteroatoms. The lowest BCUT2D eigenvalue weighted by atomic mass is 9.83. The molecule has 11 nitrogen and oxygen atoms in total. The van der Waals surface area contributed by atoms with E-state index in [2.05, 4.69) is 20.9 Å². The first-order valence-electron chi connectivity index (χ1n) is 15.8. The number of nitrogens with zero attached hydrogens (tertiary/aromatic N) is 2. The van der Waals surface area contributed by atoms with Crippen LogP contribution in [0.2, 0.25) is 0 Å². The van der Waals surface area contributed by atoms with Crippen molar-refractivity contribution in [3.8, 4) is 0 Å². The lowest BCUT2D eigenvalue weighted by molar-refractivity contribution is -0.145. The van der Waals surface area contributed by atoms with Gasteiger partial charge in [-0.15, -0.1) is 0 Å². The fourth-order valence-electron chi connectivity index (χ4n) is 6.64. The number of carbonyl (C=O) groups excluding carboxylic acids is 3. The fraction of sp³-hybridized carbons (Fsp3) is 0.471. The number of likely N-dealkylation sites (tertiary alicyclic amines) is 1. The summed E-state index contributed by atoms with van der Waals surface area (Å²) in [6, 6.07) is 16.5. The third-order valence-corrected chi connectivity index (χ3v) is 9.00. The summed E-state index contributed by atoms with van der Waals surface area (Å²) in [7, 11) is 0. The van der Waals surface area contributed by atoms with E-state index in [0.717, 1.165) is 16.7 Å². The maximum absolute atomic E-state index is 14.4. The van der Waals surface area contributed by atoms with Crippen LogP contribution < -0.4 is 21.7 Å². The van der Waals surface area contributed by atoms with E-state index < -0.39 is 30.2 Å². The van der Waals surface area contributed by atoms with Crippen LogP contribution in [-0.2, 0) is 27.2 Å². The molecule has 5 rings (SSSR count). The van der Waals surface area contributed by atoms with Crippen LogP contribution in [0, 0.1) is 5.92 Å². The molecule has 0 bridgehead atoms. The molecule has 2 aliphatic heterocycles. The van der Waals surface area contributed by atoms with E-state index in [4.69, 9.17) is 5.73 Å². The summed E-state index contributed by atoms with van der Waals surface area (Å²) in [5.41, 5.74) is 8.39. The zero-order valence-corrected chi connectivity index (χ0v) is 25.5. The average molecular weight is 617 g/mol. The van der Waals surface area contributed by atoms with Crippen LogP contribution in [0.1, 0.15) is 43.2 Å². The minimum atomic E-state index is -1.35. The van der Waals surface area contributed by atoms with Crippen LogP contribution in [0.25, 0.3) is 0 Å². The van der Waals surface area contributed by atoms with Crippen LogP contribution in [-0.4, -0.2) is 88.8 Å². The van der Waals surface area contributed by atoms with Gasteiger partial charge in [0.2, 0.25) is 17.7 Å². The summed E-state index contributed by atoms with van der Waals surface area (Å²) >= 11 is 0. The number of nitrogens with one attached hydrogen (secondary N) is 3. The Kier molecular flexibility index (Phi) is 10.9. The molecule has 7 N–H and O–H groups in total. The molecule has 45 heavy (non-hydrogen) atoms. The minimum absolute atomic E-state index is 0.0728. The number of carbonyl (C=O) groups is 3. The third-order valence-electron chi connectivity index (χ3n) is 9.00. The Morgan fingerprint density at radius 2 is 1.71 bits per heavy atom. The molecule has 6 atom stereocenters. The number of benzene rings is 2. The van der Waals surface area contributed by atoms with E-state index in [0.29, 0.717) is 57.7 Å². The van der Waals surface area contributed by atoms with Gasteiger partial charge in [-0.25, -0.2) is 4.99 Å². The molecule has 6 unspecified atom stereocenters. The first-order chi connectivity index (χ1) is 21.8. The molecule has 240 valence electrons. The van der Waals surface area contributed by atoms with Crippen LogP contribution in [0.5, 0.6) is 0 Å². The number of aliphatic imine (C=N–C) groups is 1. The van der Waals surface area contributed by atoms with Crippen molar-refractivity contribution in [3.05, 3.63) is 83.4 Å². The van der Waals surface area contributed by atoms with E-state index >= 15 is 0 Å². The number of amides is 3. The van der Waals surface area contributed by atoms with Gasteiger partial charge in [-0.05, 0) is 54.7 Å². The first kappa shape index (κ1) is 32.2. The number of rotatable bonds is 11. The smallest absolute Gasteiger partial charge is 0.249 e. The van der Waals surface area contributed by atoms with E-state index in [9.17, 15) is 24.6 Å². The lowest BCUT2D eigenvalue weighted by Crippen LogP contribution is -2.58. The molecule has 0 spiro atoms. The summed E-state index contributed by atoms with van der Waals surface area (Å²) in [6.07, 6.45) is 3.25. The topological polar surface area (TPSA) is 169 Å². The molecular formula is C34H44N6O5. The Bertz CT molecular complexity index is 1380. The largest absolute Gasteiger partial charge is 0.393 e. The summed E-state index contributed by atoms with van der Waals surface area (Å²) in [5.74, 6) is -0.783. The van der Waals surface area contributed by atoms with E-state index in [1.54, 1.807) is 4.90 Å². The minimum Gasteiger partial charge on any atom is -0.393 e. The number of guanidine groups is 1. The van der Waals surface area contributed by atoms with Gasteiger partial charge >= 0.3 is 0 Å². The van der Waals surface area contributed by atoms with Crippen LogP contribution in [0.4, 0.5) is 0 Å². The number of hydrogen-bond donors (Lipinski definition) is 6. The normalized spacial score (nSPS) is 25.0. The predicted octanol–water partition coefficient (Wildman–Crippen LogP) is 0.799. The first-order valence-corrected chi connectivity index (χ1v) is 15.8. The van der Waals surface area contributed by atoms with Gasteiger partial charge < -0.3 is 36.8 Å². The van der Waals surface area contributed by atoms with Crippen molar-refractivity contribution < 1.29 is 24.6 Å². The van der Waals surface area contributed by atoms with Crippen molar-refractivity contribution in [2.75, 3.05) is 19.6 Å². The summed E-state index contributed by atoms with van der Waals surface area (Å²) in [5, 5.41) is 30.1. The van der Waals surface area contributed by atoms with Crippen LogP contribution in [0.3, 0.4) is 0 Å². The van der Waals surface area contributed by atoms with Crippen molar-refractivity contribution in [1.29, 1.82) is 0 Å². The molecular weight excluding hydrogens is 572 g/mol. The van der Waals surface area contributed by atoms with Gasteiger partial charge in [-0.3, -0.25) is 14.4 Å². The Hall–Kier alpha value is -4.22. The van der Waals surface area contributed by atoms with Crippen molar-refractivity contribution in [1.82, 2.24) is 20.9 Å². The lowest BCUT2D eigenvalue weighted by Gasteiger charge is -2.37. The summed E-state index contributed by atoms with van der Waals surface area (Å²) in [6.45, 7) is 1.54. The van der Waals surface area contributed by atoms with Crippen LogP contribution >= 0.6 is 0 Å². The van der Waals surface area contributed by atoms with E-state index in [1.807, 2.05) is 66.7 Å². The van der Waals surface area contributed by atoms with Gasteiger partial charge in [0, 0.05) is 32.0 Å². The SMILES string of the molecule is NC1=NCC(=CCCNC(=O)C2CC3CCC(O)CC3N2C(=O)C(Cc2ccccc2)NC(=O)C(O)Cc2ccccc2)CN1. The van der Waals surface area contributed by atoms with Gasteiger partial charge in [0.25, 0.3) is 0 Å². The molecule has 1 aliphatic carbocycles. The number of fused-ring (bicyclic) bond motifs is 1. The molecule has 1 saturated heterocycles. The van der Waals surface area contributed by atoms with Gasteiger partial charge in [0.15, 0.2) is 5.96 Å². The zero-order chi connectivity index (χ0) is 31.8. The molecule has 3 aliphatic rings. The Labute approximate surface area is 264 Å². The fourth-order valence-corrected chi connectivity index (χ4v) is 6.64. The average Bonchev–Trinajstić information content (AvgIpc) is 3.43. The summed E-state index contributed by atoms with van der Waals surface area (Å²) in [4.78, 5) is 47.1. The van der Waals surface area contributed by atoms with Gasteiger partial charge in [-0.1, -0.05) is 66.7 Å². The number of aliphatic hydroxyl groups is 2. The third kappa shape index (κ3) is 8.49. The van der Waals surface area contributed by atoms with Gasteiger partial charge in [-0.2, -0.15) is 0 Å². The van der Waals surface area contributed by atoms with Crippen molar-refractivity contribution in [3.63, 3.8) is 0 Å². The second-order valence-electron chi connectivity index (χ2n) is 12.2. The molecule has 2 fully saturated rings. The van der Waals surface area contributed by atoms with Crippen molar-refractivity contribution >= 4 is 23.7 Å². The Morgan fingerprint density at radius 1 is 1.02 bits per heavy atom. The monoisotopic (exact) mass is 616 g/mol. The van der Waals surface area contributed by atoms with E-state index in [-0.39, 0.29) is 36.6 Å². The van der Waals surface area contributed by atoms with Gasteiger partial charge in [0.1, 0.15) is 18.2 Å². The second-order valence-corrected chi connectivity index (χ2v) is 12.2. The highest BCUT2D eigenvalue weighted by Crippen LogP contribution is 2.40. The molecule has 1 saturated carbocycles. The van der Waals surface area contributed by atoms with Crippen molar-refractivity contribution in [2.45, 2.75) is 75.3 Å². The van der Waals surface area contributed by atoms with Crippen LogP contribution in [0.15, 0.2) is 77.3 Å². The maximum atomic E-state index is 14.4. The Morgan fingerprint density at radius 3 is 2.38 bits per heavy atom. The quantitative estimate of drug-likeness (QED) is 0.160. The molecule has 3 amide bonds. The molecule has 0 aromatic heterocycles. The standard InChI is InChI=1S/C34H44N6O5/c35-34-37-20-24(21-38-34)12-7-15-36-31(43)29-18-25-13-14-26(41)19-28(25)40(29)33(45)27(16-22-8-3-1-4-9-22)39-32(44)30(42)17-23-10-5-2-6-11-23/h1-6,8-12,25-30,41-42H,7,13-21H2,(H,36,43)(H,39,44)(H3,35,37,38). The number of hydrogen-bond acceptors (Lipinski definition) is 8. The van der Waals surface area contributed by atoms with Gasteiger partial charge in [0.05, 0.1) is 12.6 Å². The predicted molar refractivity (Wildman–Crippen MR) is 171 cm³/mol. The highest BCUT2D eigenvalue weighted by molar-refractivity contribution is 5.94. The molecule has 2 aromatic carbocycles. The van der Waals surface area contributed by atoms with Crippen molar-refractivity contribution in [2.24, 2.45) is 16.6 Å². The Balaban J connectivity index is 1.32. The second kappa shape index (κ2) is 15.2. The molecule has 2 heterocycles. The number of nitrogens with two attached hydrogens (primary N) is 1. The maximum Gasteiger partial charge on any atom is 0.249 e. The molecule has 2 aromatic rings. The zero-order valence-electron chi connectivity index (χ0n) is 25.5. The van der Waals surface area contributed by atoms with E-state index in [1.165, 1.54) is 0 Å².